The van der Waals surface area contributed by atoms with Gasteiger partial charge in [-0.25, -0.2) is 0 Å². The van der Waals surface area contributed by atoms with Crippen LogP contribution in [0.15, 0.2) is 23.0 Å². The largest absolute Gasteiger partial charge is 0.472 e. The lowest BCUT2D eigenvalue weighted by Crippen LogP contribution is -2.45. The van der Waals surface area contributed by atoms with Crippen molar-refractivity contribution in [2.45, 2.75) is 19.1 Å². The Bertz CT molecular complexity index is 458. The molecule has 0 spiro atoms. The number of piperidine rings is 1. The molecule has 0 radical (unpaired) electrons. The number of morpholine rings is 1. The summed E-state index contributed by atoms with van der Waals surface area (Å²) in [5, 5.41) is 0. The Morgan fingerprint density at radius 3 is 2.86 bits per heavy atom. The second kappa shape index (κ2) is 6.71. The van der Waals surface area contributed by atoms with Gasteiger partial charge in [-0.2, -0.15) is 0 Å². The summed E-state index contributed by atoms with van der Waals surface area (Å²) in [7, 11) is 0. The average molecular weight is 306 g/mol. The molecule has 3 aliphatic rings. The van der Waals surface area contributed by atoms with Crippen LogP contribution in [0.25, 0.3) is 0 Å². The Morgan fingerprint density at radius 2 is 2.05 bits per heavy atom. The van der Waals surface area contributed by atoms with E-state index in [1.54, 1.807) is 6.26 Å². The molecule has 0 aliphatic carbocycles. The maximum absolute atomic E-state index is 6.16. The standard InChI is InChI=1S/C17H26N2O3/c1-3-19(9-14-2-6-21-12-14)10-15-13-22-17(16(1)15)11-18-4-7-20-8-5-18/h2,6,12,15-17H,1,3-5,7-11,13H2/t15-,16-,17+/m1/s1. The fraction of sp³-hybridized carbons (Fsp3) is 0.765. The van der Waals surface area contributed by atoms with Gasteiger partial charge in [0.2, 0.25) is 0 Å². The molecule has 3 aliphatic heterocycles. The third-order valence-corrected chi connectivity index (χ3v) is 5.41. The van der Waals surface area contributed by atoms with Crippen LogP contribution in [-0.2, 0) is 16.0 Å². The van der Waals surface area contributed by atoms with Crippen LogP contribution in [-0.4, -0.2) is 68.4 Å². The maximum atomic E-state index is 6.16. The first kappa shape index (κ1) is 14.7. The number of furan rings is 1. The highest BCUT2D eigenvalue weighted by Crippen LogP contribution is 2.35. The molecule has 1 aromatic rings. The van der Waals surface area contributed by atoms with Crippen LogP contribution >= 0.6 is 0 Å². The van der Waals surface area contributed by atoms with Crippen molar-refractivity contribution >= 4 is 0 Å². The van der Waals surface area contributed by atoms with E-state index in [2.05, 4.69) is 15.9 Å². The molecule has 5 nitrogen and oxygen atoms in total. The van der Waals surface area contributed by atoms with Crippen LogP contribution in [0, 0.1) is 11.8 Å². The van der Waals surface area contributed by atoms with Gasteiger partial charge in [-0.05, 0) is 24.9 Å². The van der Waals surface area contributed by atoms with Crippen molar-refractivity contribution in [3.8, 4) is 0 Å². The molecule has 3 saturated heterocycles. The molecule has 3 fully saturated rings. The van der Waals surface area contributed by atoms with Gasteiger partial charge in [0.15, 0.2) is 0 Å². The predicted octanol–water partition coefficient (Wildman–Crippen LogP) is 1.45. The van der Waals surface area contributed by atoms with Crippen molar-refractivity contribution < 1.29 is 13.9 Å². The summed E-state index contributed by atoms with van der Waals surface area (Å²) in [6.07, 6.45) is 5.31. The third-order valence-electron chi connectivity index (χ3n) is 5.41. The molecular formula is C17H26N2O3. The van der Waals surface area contributed by atoms with Gasteiger partial charge in [0.1, 0.15) is 0 Å². The monoisotopic (exact) mass is 306 g/mol. The normalized spacial score (nSPS) is 33.9. The molecule has 4 heterocycles. The minimum atomic E-state index is 0.430. The Morgan fingerprint density at radius 1 is 1.14 bits per heavy atom. The Hall–Kier alpha value is -0.880. The molecule has 22 heavy (non-hydrogen) atoms. The average Bonchev–Trinajstić information content (AvgIpc) is 3.19. The molecule has 5 heteroatoms. The van der Waals surface area contributed by atoms with Gasteiger partial charge in [0.05, 0.1) is 38.5 Å². The van der Waals surface area contributed by atoms with E-state index < -0.39 is 0 Å². The van der Waals surface area contributed by atoms with E-state index in [9.17, 15) is 0 Å². The molecule has 0 saturated carbocycles. The summed E-state index contributed by atoms with van der Waals surface area (Å²) in [6, 6.07) is 2.07. The summed E-state index contributed by atoms with van der Waals surface area (Å²) in [5.74, 6) is 1.44. The van der Waals surface area contributed by atoms with Gasteiger partial charge in [-0.1, -0.05) is 0 Å². The lowest BCUT2D eigenvalue weighted by Gasteiger charge is -2.37. The highest BCUT2D eigenvalue weighted by atomic mass is 16.5. The molecule has 3 atom stereocenters. The minimum absolute atomic E-state index is 0.430. The molecule has 0 amide bonds. The van der Waals surface area contributed by atoms with E-state index in [0.29, 0.717) is 12.0 Å². The van der Waals surface area contributed by atoms with Crippen molar-refractivity contribution in [2.75, 3.05) is 52.5 Å². The number of nitrogens with zero attached hydrogens (tertiary/aromatic N) is 2. The zero-order valence-corrected chi connectivity index (χ0v) is 13.2. The second-order valence-electron chi connectivity index (χ2n) is 6.86. The van der Waals surface area contributed by atoms with Crippen molar-refractivity contribution in [2.24, 2.45) is 11.8 Å². The lowest BCUT2D eigenvalue weighted by atomic mass is 9.84. The SMILES string of the molecule is c1cc(CN2CC[C@@H]3[C@@H](CO[C@H]3CN3CCOCC3)C2)co1. The number of hydrogen-bond acceptors (Lipinski definition) is 5. The molecule has 0 bridgehead atoms. The highest BCUT2D eigenvalue weighted by molar-refractivity contribution is 5.05. The van der Waals surface area contributed by atoms with E-state index >= 15 is 0 Å². The van der Waals surface area contributed by atoms with E-state index in [1.165, 1.54) is 18.5 Å². The zero-order valence-electron chi connectivity index (χ0n) is 13.2. The number of fused-ring (bicyclic) bond motifs is 1. The number of rotatable bonds is 4. The molecule has 122 valence electrons. The molecule has 0 N–H and O–H groups in total. The quantitative estimate of drug-likeness (QED) is 0.842. The van der Waals surface area contributed by atoms with Crippen LogP contribution in [0.4, 0.5) is 0 Å². The number of hydrogen-bond donors (Lipinski definition) is 0. The van der Waals surface area contributed by atoms with Gasteiger partial charge >= 0.3 is 0 Å². The van der Waals surface area contributed by atoms with Crippen LogP contribution in [0.1, 0.15) is 12.0 Å². The minimum Gasteiger partial charge on any atom is -0.472 e. The Balaban J connectivity index is 1.30. The predicted molar refractivity (Wildman–Crippen MR) is 82.6 cm³/mol. The molecule has 0 aromatic carbocycles. The van der Waals surface area contributed by atoms with Gasteiger partial charge in [-0.15, -0.1) is 0 Å². The Labute approximate surface area is 132 Å². The van der Waals surface area contributed by atoms with Gasteiger partial charge in [0, 0.05) is 44.2 Å². The maximum Gasteiger partial charge on any atom is 0.0947 e. The summed E-state index contributed by atoms with van der Waals surface area (Å²) in [4.78, 5) is 5.06. The van der Waals surface area contributed by atoms with E-state index in [0.717, 1.165) is 58.5 Å². The molecular weight excluding hydrogens is 280 g/mol. The smallest absolute Gasteiger partial charge is 0.0947 e. The molecule has 0 unspecified atom stereocenters. The first-order valence-corrected chi connectivity index (χ1v) is 8.53. The first-order valence-electron chi connectivity index (χ1n) is 8.53. The highest BCUT2D eigenvalue weighted by Gasteiger charge is 2.41. The van der Waals surface area contributed by atoms with E-state index in [4.69, 9.17) is 13.9 Å². The Kier molecular flexibility index (Phi) is 4.48. The van der Waals surface area contributed by atoms with Gasteiger partial charge in [0.25, 0.3) is 0 Å². The van der Waals surface area contributed by atoms with Crippen molar-refractivity contribution in [1.82, 2.24) is 9.80 Å². The second-order valence-corrected chi connectivity index (χ2v) is 6.86. The van der Waals surface area contributed by atoms with E-state index in [-0.39, 0.29) is 0 Å². The van der Waals surface area contributed by atoms with Crippen molar-refractivity contribution in [3.63, 3.8) is 0 Å². The number of likely N-dealkylation sites (tertiary alicyclic amines) is 1. The van der Waals surface area contributed by atoms with Crippen LogP contribution in [0.5, 0.6) is 0 Å². The topological polar surface area (TPSA) is 38.1 Å². The number of ether oxygens (including phenoxy) is 2. The van der Waals surface area contributed by atoms with Crippen LogP contribution in [0.3, 0.4) is 0 Å². The summed E-state index contributed by atoms with van der Waals surface area (Å²) in [6.45, 7) is 9.23. The van der Waals surface area contributed by atoms with Gasteiger partial charge < -0.3 is 13.9 Å². The summed E-state index contributed by atoms with van der Waals surface area (Å²) >= 11 is 0. The van der Waals surface area contributed by atoms with Crippen LogP contribution < -0.4 is 0 Å². The van der Waals surface area contributed by atoms with Crippen LogP contribution in [0.2, 0.25) is 0 Å². The van der Waals surface area contributed by atoms with Crippen molar-refractivity contribution in [3.05, 3.63) is 24.2 Å². The fourth-order valence-electron chi connectivity index (χ4n) is 4.17. The summed E-state index contributed by atoms with van der Waals surface area (Å²) < 4.78 is 16.8. The lowest BCUT2D eigenvalue weighted by molar-refractivity contribution is -0.00269. The summed E-state index contributed by atoms with van der Waals surface area (Å²) in [5.41, 5.74) is 1.28. The first-order chi connectivity index (χ1) is 10.9. The fourth-order valence-corrected chi connectivity index (χ4v) is 4.17. The van der Waals surface area contributed by atoms with Crippen molar-refractivity contribution in [1.29, 1.82) is 0 Å². The zero-order chi connectivity index (χ0) is 14.8. The molecule has 1 aromatic heterocycles. The van der Waals surface area contributed by atoms with E-state index in [1.807, 2.05) is 6.26 Å². The van der Waals surface area contributed by atoms with Gasteiger partial charge in [-0.3, -0.25) is 9.80 Å². The third kappa shape index (κ3) is 3.23. The molecule has 4 rings (SSSR count).